The van der Waals surface area contributed by atoms with Crippen molar-refractivity contribution >= 4 is 35.4 Å². The fourth-order valence-electron chi connectivity index (χ4n) is 8.96. The molecule has 6 rings (SSSR count). The number of ether oxygens (including phenoxy) is 3. The van der Waals surface area contributed by atoms with E-state index in [4.69, 9.17) is 14.2 Å². The number of piperidine rings is 3. The van der Waals surface area contributed by atoms with Gasteiger partial charge in [0.25, 0.3) is 5.91 Å². The Hall–Kier alpha value is -4.52. The number of carbonyl (C=O) groups is 4. The molecular formula is C42H60N6O7. The minimum atomic E-state index is -0.989. The average molecular weight is 761 g/mol. The molecule has 0 saturated carbocycles. The number of nitrogens with one attached hydrogen (secondary N) is 2. The van der Waals surface area contributed by atoms with Crippen LogP contribution in [0.4, 0.5) is 21.0 Å². The van der Waals surface area contributed by atoms with E-state index in [1.54, 1.807) is 12.0 Å². The van der Waals surface area contributed by atoms with Crippen molar-refractivity contribution in [2.45, 2.75) is 84.3 Å². The minimum absolute atomic E-state index is 0.00701. The third kappa shape index (κ3) is 10.0. The lowest BCUT2D eigenvalue weighted by molar-refractivity contribution is -0.144. The van der Waals surface area contributed by atoms with Gasteiger partial charge in [-0.25, -0.2) is 9.59 Å². The van der Waals surface area contributed by atoms with Crippen molar-refractivity contribution in [2.24, 2.45) is 11.8 Å². The number of urea groups is 1. The summed E-state index contributed by atoms with van der Waals surface area (Å²) in [5.74, 6) is 1.43. The summed E-state index contributed by atoms with van der Waals surface area (Å²) in [6, 6.07) is 11.8. The summed E-state index contributed by atoms with van der Waals surface area (Å²) in [7, 11) is 1.63. The highest BCUT2D eigenvalue weighted by Crippen LogP contribution is 2.34. The lowest BCUT2D eigenvalue weighted by atomic mass is 9.78. The molecule has 300 valence electrons. The second kappa shape index (κ2) is 18.9. The molecule has 55 heavy (non-hydrogen) atoms. The molecule has 3 fully saturated rings. The van der Waals surface area contributed by atoms with Gasteiger partial charge in [0.1, 0.15) is 5.75 Å². The Morgan fingerprint density at radius 1 is 0.891 bits per heavy atom. The maximum Gasteiger partial charge on any atom is 0.410 e. The number of fused-ring (bicyclic) bond motifs is 1. The molecule has 3 saturated heterocycles. The van der Waals surface area contributed by atoms with Crippen LogP contribution in [0.5, 0.6) is 5.75 Å². The summed E-state index contributed by atoms with van der Waals surface area (Å²) in [5.41, 5.74) is 4.74. The maximum atomic E-state index is 14.3. The number of methoxy groups -OCH3 is 1. The number of carbonyl (C=O) groups excluding carboxylic acids is 4. The number of benzene rings is 2. The van der Waals surface area contributed by atoms with Crippen LogP contribution in [-0.4, -0.2) is 128 Å². The van der Waals surface area contributed by atoms with Gasteiger partial charge < -0.3 is 39.5 Å². The molecule has 2 aromatic rings. The molecule has 2 N–H and O–H groups in total. The molecule has 0 aromatic heterocycles. The van der Waals surface area contributed by atoms with E-state index in [0.29, 0.717) is 76.3 Å². The molecule has 0 bridgehead atoms. The molecule has 4 aliphatic heterocycles. The molecule has 2 aromatic carbocycles. The summed E-state index contributed by atoms with van der Waals surface area (Å²) in [6.45, 7) is 11.9. The van der Waals surface area contributed by atoms with Crippen molar-refractivity contribution < 1.29 is 33.4 Å². The van der Waals surface area contributed by atoms with Gasteiger partial charge >= 0.3 is 18.1 Å². The van der Waals surface area contributed by atoms with Crippen molar-refractivity contribution in [3.63, 3.8) is 0 Å². The van der Waals surface area contributed by atoms with Gasteiger partial charge in [-0.1, -0.05) is 24.3 Å². The Bertz CT molecular complexity index is 1650. The number of hydrogen-bond acceptors (Lipinski definition) is 9. The predicted molar refractivity (Wildman–Crippen MR) is 211 cm³/mol. The van der Waals surface area contributed by atoms with Crippen molar-refractivity contribution in [2.75, 3.05) is 83.3 Å². The quantitative estimate of drug-likeness (QED) is 0.267. The Morgan fingerprint density at radius 2 is 1.56 bits per heavy atom. The van der Waals surface area contributed by atoms with Gasteiger partial charge in [-0.2, -0.15) is 0 Å². The van der Waals surface area contributed by atoms with Gasteiger partial charge in [0.15, 0.2) is 6.10 Å². The number of esters is 1. The normalized spacial score (nSPS) is 19.6. The molecule has 0 unspecified atom stereocenters. The highest BCUT2D eigenvalue weighted by atomic mass is 16.6. The predicted octanol–water partition coefficient (Wildman–Crippen LogP) is 5.55. The van der Waals surface area contributed by atoms with Crippen molar-refractivity contribution in [3.05, 3.63) is 53.1 Å². The van der Waals surface area contributed by atoms with Gasteiger partial charge in [-0.05, 0) is 119 Å². The number of nitrogens with zero attached hydrogens (tertiary/aromatic N) is 4. The van der Waals surface area contributed by atoms with E-state index in [2.05, 4.69) is 15.5 Å². The summed E-state index contributed by atoms with van der Waals surface area (Å²) in [5, 5.41) is 6.43. The number of hydrogen-bond donors (Lipinski definition) is 2. The zero-order chi connectivity index (χ0) is 38.9. The number of amides is 4. The van der Waals surface area contributed by atoms with Crippen LogP contribution in [0.3, 0.4) is 0 Å². The third-order valence-electron chi connectivity index (χ3n) is 12.0. The lowest BCUT2D eigenvalue weighted by Gasteiger charge is -2.41. The summed E-state index contributed by atoms with van der Waals surface area (Å²) in [4.78, 5) is 60.9. The molecule has 13 heteroatoms. The van der Waals surface area contributed by atoms with Crippen LogP contribution in [0.1, 0.15) is 69.1 Å². The van der Waals surface area contributed by atoms with Gasteiger partial charge in [-0.3, -0.25) is 14.5 Å². The smallest absolute Gasteiger partial charge is 0.410 e. The van der Waals surface area contributed by atoms with E-state index in [9.17, 15) is 19.2 Å². The first-order valence-electron chi connectivity index (χ1n) is 20.4. The summed E-state index contributed by atoms with van der Waals surface area (Å²) < 4.78 is 17.0. The third-order valence-corrected chi connectivity index (χ3v) is 12.0. The number of aryl methyl sites for hydroxylation is 1. The van der Waals surface area contributed by atoms with E-state index in [0.717, 1.165) is 79.8 Å². The number of anilines is 2. The maximum absolute atomic E-state index is 14.3. The van der Waals surface area contributed by atoms with Crippen molar-refractivity contribution in [3.8, 4) is 5.75 Å². The molecule has 13 nitrogen and oxygen atoms in total. The van der Waals surface area contributed by atoms with Crippen LogP contribution >= 0.6 is 0 Å². The molecule has 0 aliphatic carbocycles. The van der Waals surface area contributed by atoms with E-state index in [1.165, 1.54) is 0 Å². The fourth-order valence-corrected chi connectivity index (χ4v) is 8.96. The topological polar surface area (TPSA) is 133 Å². The van der Waals surface area contributed by atoms with Crippen LogP contribution in [0.25, 0.3) is 0 Å². The van der Waals surface area contributed by atoms with Gasteiger partial charge in [-0.15, -0.1) is 0 Å². The first-order valence-corrected chi connectivity index (χ1v) is 20.4. The Morgan fingerprint density at radius 3 is 2.24 bits per heavy atom. The Kier molecular flexibility index (Phi) is 13.8. The number of likely N-dealkylation sites (tertiary alicyclic amines) is 3. The molecule has 0 spiro atoms. The highest BCUT2D eigenvalue weighted by molar-refractivity contribution is 5.91. The number of rotatable bonds is 12. The first-order chi connectivity index (χ1) is 26.7. The zero-order valence-corrected chi connectivity index (χ0v) is 33.1. The second-order valence-electron chi connectivity index (χ2n) is 15.4. The second-order valence-corrected chi connectivity index (χ2v) is 15.4. The van der Waals surface area contributed by atoms with E-state index < -0.39 is 12.2 Å². The summed E-state index contributed by atoms with van der Waals surface area (Å²) >= 11 is 0. The molecule has 4 aliphatic rings. The number of para-hydroxylation sites is 1. The van der Waals surface area contributed by atoms with Gasteiger partial charge in [0.05, 0.1) is 25.9 Å². The van der Waals surface area contributed by atoms with E-state index in [1.807, 2.05) is 67.0 Å². The zero-order valence-electron chi connectivity index (χ0n) is 33.1. The molecule has 1 atom stereocenters. The average Bonchev–Trinajstić information content (AvgIpc) is 3.36. The summed E-state index contributed by atoms with van der Waals surface area (Å²) in [6.07, 6.45) is 4.67. The largest absolute Gasteiger partial charge is 0.495 e. The van der Waals surface area contributed by atoms with Crippen LogP contribution in [0.15, 0.2) is 36.4 Å². The monoisotopic (exact) mass is 760 g/mol. The standard InChI is InChI=1S/C42H60N6O7/c1-5-43-39-29(3)25-30(26-36(39)53-4)27-37(40(50)46-20-13-32(14-21-46)31-11-18-45(19-12-31)28-38(49)54-6-2)55-42(52)47-22-16-34(17-23-47)48-24-15-33-9-7-8-10-35(33)44-41(48)51/h7-10,25-26,31-32,34,37,43H,5-6,11-24,27-28H2,1-4H3,(H,44,51)/t37-/m1/s1. The fraction of sp³-hybridized carbons (Fsp3) is 0.619. The SMILES string of the molecule is CCNc1c(C)cc(C[C@@H](OC(=O)N2CCC(N3CCc4ccccc4NC3=O)CC2)C(=O)N2CCC(C3CCN(CC(=O)OCC)CC3)CC2)cc1OC. The Balaban J connectivity index is 1.08. The molecule has 4 amide bonds. The first kappa shape index (κ1) is 40.2. The van der Waals surface area contributed by atoms with Crippen molar-refractivity contribution in [1.29, 1.82) is 0 Å². The van der Waals surface area contributed by atoms with E-state index in [-0.39, 0.29) is 30.4 Å². The molecule has 0 radical (unpaired) electrons. The van der Waals surface area contributed by atoms with Crippen LogP contribution in [0.2, 0.25) is 0 Å². The molecular weight excluding hydrogens is 700 g/mol. The lowest BCUT2D eigenvalue weighted by Crippen LogP contribution is -2.52. The molecule has 4 heterocycles. The van der Waals surface area contributed by atoms with Crippen LogP contribution < -0.4 is 15.4 Å². The Labute approximate surface area is 326 Å². The van der Waals surface area contributed by atoms with Gasteiger partial charge in [0, 0.05) is 57.4 Å². The van der Waals surface area contributed by atoms with Crippen molar-refractivity contribution in [1.82, 2.24) is 19.6 Å². The van der Waals surface area contributed by atoms with Crippen LogP contribution in [-0.2, 0) is 31.9 Å². The minimum Gasteiger partial charge on any atom is -0.495 e. The highest BCUT2D eigenvalue weighted by Gasteiger charge is 2.37. The van der Waals surface area contributed by atoms with Gasteiger partial charge in [0.2, 0.25) is 0 Å². The van der Waals surface area contributed by atoms with Crippen LogP contribution in [0, 0.1) is 18.8 Å². The van der Waals surface area contributed by atoms with E-state index >= 15 is 0 Å².